The minimum Gasteiger partial charge on any atom is -0.480 e. The number of amides is 1. The number of fused-ring (bicyclic) bond motifs is 1. The van der Waals surface area contributed by atoms with E-state index in [9.17, 15) is 14.7 Å². The number of para-hydroxylation sites is 1. The number of carbonyl (C=O) groups excluding carboxylic acids is 1. The summed E-state index contributed by atoms with van der Waals surface area (Å²) in [6, 6.07) is 6.95. The zero-order valence-electron chi connectivity index (χ0n) is 15.2. The molecule has 2 rings (SSSR count). The van der Waals surface area contributed by atoms with Gasteiger partial charge in [0.25, 0.3) is 0 Å². The summed E-state index contributed by atoms with van der Waals surface area (Å²) in [4.78, 5) is 27.3. The lowest BCUT2D eigenvalue weighted by Crippen LogP contribution is -2.58. The van der Waals surface area contributed by atoms with E-state index in [-0.39, 0.29) is 5.41 Å². The molecule has 6 heteroatoms. The number of nitrogens with one attached hydrogen (secondary N) is 2. The summed E-state index contributed by atoms with van der Waals surface area (Å²) < 4.78 is 0. The lowest BCUT2D eigenvalue weighted by atomic mass is 9.80. The van der Waals surface area contributed by atoms with Gasteiger partial charge >= 0.3 is 5.97 Å². The molecule has 0 fully saturated rings. The Morgan fingerprint density at radius 2 is 1.88 bits per heavy atom. The number of carboxylic acid groups (broad SMARTS) is 1. The van der Waals surface area contributed by atoms with E-state index in [2.05, 4.69) is 10.3 Å². The van der Waals surface area contributed by atoms with Crippen molar-refractivity contribution in [1.29, 1.82) is 0 Å². The Kier molecular flexibility index (Phi) is 5.23. The maximum atomic E-state index is 12.5. The quantitative estimate of drug-likeness (QED) is 0.645. The smallest absolute Gasteiger partial charge is 0.329 e. The fourth-order valence-corrected chi connectivity index (χ4v) is 3.23. The Bertz CT molecular complexity index is 776. The number of aromatic amines is 1. The van der Waals surface area contributed by atoms with Crippen LogP contribution >= 0.6 is 0 Å². The molecule has 2 atom stereocenters. The molecular formula is C19H27N3O3. The number of H-pyrrole nitrogens is 1. The maximum Gasteiger partial charge on any atom is 0.329 e. The van der Waals surface area contributed by atoms with Crippen LogP contribution in [-0.4, -0.2) is 33.5 Å². The summed E-state index contributed by atoms with van der Waals surface area (Å²) in [6.07, 6.45) is 2.48. The number of aliphatic carboxylic acids is 1. The van der Waals surface area contributed by atoms with Crippen molar-refractivity contribution in [3.05, 3.63) is 36.0 Å². The van der Waals surface area contributed by atoms with Crippen molar-refractivity contribution in [2.24, 2.45) is 11.1 Å². The molecule has 0 spiro atoms. The molecule has 25 heavy (non-hydrogen) atoms. The molecular weight excluding hydrogens is 318 g/mol. The largest absolute Gasteiger partial charge is 0.480 e. The molecule has 2 aromatic rings. The highest BCUT2D eigenvalue weighted by Crippen LogP contribution is 2.27. The molecule has 5 N–H and O–H groups in total. The van der Waals surface area contributed by atoms with Crippen LogP contribution in [-0.2, 0) is 16.0 Å². The van der Waals surface area contributed by atoms with Crippen molar-refractivity contribution in [2.75, 3.05) is 0 Å². The van der Waals surface area contributed by atoms with Crippen LogP contribution in [0.1, 0.15) is 39.7 Å². The van der Waals surface area contributed by atoms with Crippen molar-refractivity contribution < 1.29 is 14.7 Å². The first-order chi connectivity index (χ1) is 11.5. The maximum absolute atomic E-state index is 12.5. The van der Waals surface area contributed by atoms with Gasteiger partial charge in [-0.25, -0.2) is 4.79 Å². The number of carboxylic acids is 1. The third kappa shape index (κ3) is 4.60. The molecule has 0 saturated carbocycles. The van der Waals surface area contributed by atoms with Crippen molar-refractivity contribution in [2.45, 2.75) is 52.1 Å². The second kappa shape index (κ2) is 6.88. The van der Waals surface area contributed by atoms with E-state index in [1.54, 1.807) is 0 Å². The first kappa shape index (κ1) is 19.0. The predicted molar refractivity (Wildman–Crippen MR) is 98.2 cm³/mol. The van der Waals surface area contributed by atoms with Gasteiger partial charge in [0, 0.05) is 17.1 Å². The molecule has 0 aliphatic carbocycles. The summed E-state index contributed by atoms with van der Waals surface area (Å²) in [6.45, 7) is 7.33. The number of aromatic nitrogens is 1. The summed E-state index contributed by atoms with van der Waals surface area (Å²) >= 11 is 0. The molecule has 6 nitrogen and oxygen atoms in total. The third-order valence-electron chi connectivity index (χ3n) is 4.21. The van der Waals surface area contributed by atoms with Gasteiger partial charge in [-0.2, -0.15) is 0 Å². The summed E-state index contributed by atoms with van der Waals surface area (Å²) in [5.74, 6) is -1.52. The second-order valence-electron chi connectivity index (χ2n) is 8.03. The molecule has 1 unspecified atom stereocenters. The van der Waals surface area contributed by atoms with Crippen LogP contribution in [0.2, 0.25) is 0 Å². The van der Waals surface area contributed by atoms with Crippen molar-refractivity contribution in [3.8, 4) is 0 Å². The average Bonchev–Trinajstić information content (AvgIpc) is 2.88. The average molecular weight is 345 g/mol. The highest BCUT2D eigenvalue weighted by atomic mass is 16.4. The SMILES string of the molecule is CC(C)(C)C[C@@](C)(NC(=O)C(N)Cc1c[nH]c2ccccc12)C(=O)O. The minimum atomic E-state index is -1.35. The van der Waals surface area contributed by atoms with E-state index in [1.165, 1.54) is 6.92 Å². The number of benzene rings is 1. The van der Waals surface area contributed by atoms with Crippen molar-refractivity contribution in [1.82, 2.24) is 10.3 Å². The van der Waals surface area contributed by atoms with Crippen molar-refractivity contribution in [3.63, 3.8) is 0 Å². The highest BCUT2D eigenvalue weighted by Gasteiger charge is 2.39. The standard InChI is InChI=1S/C19H27N3O3/c1-18(2,3)11-19(4,17(24)25)22-16(23)14(20)9-12-10-21-15-8-6-5-7-13(12)15/h5-8,10,14,21H,9,11,20H2,1-4H3,(H,22,23)(H,24,25)/t14?,19-/m1/s1. The van der Waals surface area contributed by atoms with E-state index >= 15 is 0 Å². The van der Waals surface area contributed by atoms with Gasteiger partial charge in [-0.05, 0) is 36.8 Å². The van der Waals surface area contributed by atoms with E-state index in [0.29, 0.717) is 12.8 Å². The highest BCUT2D eigenvalue weighted by molar-refractivity contribution is 5.90. The minimum absolute atomic E-state index is 0.249. The summed E-state index contributed by atoms with van der Waals surface area (Å²) in [7, 11) is 0. The van der Waals surface area contributed by atoms with Gasteiger partial charge in [-0.15, -0.1) is 0 Å². The molecule has 0 radical (unpaired) electrons. The number of carbonyl (C=O) groups is 2. The lowest BCUT2D eigenvalue weighted by molar-refractivity contribution is -0.148. The fraction of sp³-hybridized carbons (Fsp3) is 0.474. The molecule has 0 bridgehead atoms. The monoisotopic (exact) mass is 345 g/mol. The Labute approximate surface area is 147 Å². The molecule has 136 valence electrons. The van der Waals surface area contributed by atoms with Crippen LogP contribution in [0.25, 0.3) is 10.9 Å². The molecule has 1 aromatic carbocycles. The number of nitrogens with two attached hydrogens (primary N) is 1. The van der Waals surface area contributed by atoms with Gasteiger partial charge in [0.1, 0.15) is 5.54 Å². The first-order valence-electron chi connectivity index (χ1n) is 8.38. The molecule has 1 amide bonds. The van der Waals surface area contributed by atoms with Gasteiger partial charge in [0.15, 0.2) is 0 Å². The molecule has 0 saturated heterocycles. The number of rotatable bonds is 6. The topological polar surface area (TPSA) is 108 Å². The van der Waals surface area contributed by atoms with Crippen LogP contribution in [0, 0.1) is 5.41 Å². The predicted octanol–water partition coefficient (Wildman–Crippen LogP) is 2.43. The van der Waals surface area contributed by atoms with Gasteiger partial charge in [-0.1, -0.05) is 39.0 Å². The summed E-state index contributed by atoms with van der Waals surface area (Å²) in [5, 5.41) is 13.2. The van der Waals surface area contributed by atoms with Crippen molar-refractivity contribution >= 4 is 22.8 Å². The van der Waals surface area contributed by atoms with E-state index in [1.807, 2.05) is 51.2 Å². The Morgan fingerprint density at radius 1 is 1.24 bits per heavy atom. The van der Waals surface area contributed by atoms with Gasteiger partial charge in [-0.3, -0.25) is 4.79 Å². The van der Waals surface area contributed by atoms with Gasteiger partial charge < -0.3 is 21.1 Å². The van der Waals surface area contributed by atoms with E-state index < -0.39 is 23.5 Å². The molecule has 1 aromatic heterocycles. The molecule has 1 heterocycles. The lowest BCUT2D eigenvalue weighted by Gasteiger charge is -2.33. The fourth-order valence-electron chi connectivity index (χ4n) is 3.23. The normalized spacial score (nSPS) is 15.6. The van der Waals surface area contributed by atoms with Crippen LogP contribution in [0.3, 0.4) is 0 Å². The van der Waals surface area contributed by atoms with E-state index in [4.69, 9.17) is 5.73 Å². The van der Waals surface area contributed by atoms with Gasteiger partial charge in [0.05, 0.1) is 6.04 Å². The van der Waals surface area contributed by atoms with Crippen LogP contribution < -0.4 is 11.1 Å². The molecule has 0 aliphatic rings. The Balaban J connectivity index is 2.12. The van der Waals surface area contributed by atoms with Gasteiger partial charge in [0.2, 0.25) is 5.91 Å². The zero-order chi connectivity index (χ0) is 18.8. The Morgan fingerprint density at radius 3 is 2.48 bits per heavy atom. The first-order valence-corrected chi connectivity index (χ1v) is 8.38. The second-order valence-corrected chi connectivity index (χ2v) is 8.03. The Hall–Kier alpha value is -2.34. The third-order valence-corrected chi connectivity index (χ3v) is 4.21. The zero-order valence-corrected chi connectivity index (χ0v) is 15.2. The van der Waals surface area contributed by atoms with Crippen LogP contribution in [0.4, 0.5) is 0 Å². The van der Waals surface area contributed by atoms with E-state index in [0.717, 1.165) is 16.5 Å². The number of hydrogen-bond acceptors (Lipinski definition) is 3. The summed E-state index contributed by atoms with van der Waals surface area (Å²) in [5.41, 5.74) is 6.37. The van der Waals surface area contributed by atoms with Crippen LogP contribution in [0.5, 0.6) is 0 Å². The molecule has 0 aliphatic heterocycles. The number of hydrogen-bond donors (Lipinski definition) is 4. The van der Waals surface area contributed by atoms with Crippen LogP contribution in [0.15, 0.2) is 30.5 Å².